The minimum Gasteiger partial charge on any atom is -0.367 e. The fourth-order valence-electron chi connectivity index (χ4n) is 4.28. The molecule has 3 aromatic rings. The van der Waals surface area contributed by atoms with Gasteiger partial charge in [-0.3, -0.25) is 4.79 Å². The van der Waals surface area contributed by atoms with Gasteiger partial charge in [-0.25, -0.2) is 14.0 Å². The van der Waals surface area contributed by atoms with E-state index in [4.69, 9.17) is 0 Å². The van der Waals surface area contributed by atoms with Crippen LogP contribution in [0.4, 0.5) is 31.0 Å². The van der Waals surface area contributed by atoms with Gasteiger partial charge in [0.15, 0.2) is 0 Å². The number of rotatable bonds is 7. The maximum atomic E-state index is 13.3. The van der Waals surface area contributed by atoms with Gasteiger partial charge < -0.3 is 31.1 Å². The number of nitrogens with zero attached hydrogens (tertiary/aromatic N) is 2. The van der Waals surface area contributed by atoms with Crippen LogP contribution in [0.15, 0.2) is 66.7 Å². The van der Waals surface area contributed by atoms with Gasteiger partial charge in [-0.15, -0.1) is 0 Å². The van der Waals surface area contributed by atoms with Gasteiger partial charge in [0.05, 0.1) is 5.56 Å². The van der Waals surface area contributed by atoms with Crippen LogP contribution in [0, 0.1) is 12.7 Å². The van der Waals surface area contributed by atoms with Crippen LogP contribution < -0.4 is 26.2 Å². The number of piperazine rings is 1. The topological polar surface area (TPSA) is 106 Å². The first-order valence-electron chi connectivity index (χ1n) is 12.9. The Morgan fingerprint density at radius 2 is 1.49 bits per heavy atom. The molecule has 0 atom stereocenters. The van der Waals surface area contributed by atoms with Crippen molar-refractivity contribution in [1.29, 1.82) is 0 Å². The van der Waals surface area contributed by atoms with Gasteiger partial charge in [-0.05, 0) is 61.9 Å². The highest BCUT2D eigenvalue weighted by molar-refractivity contribution is 6.02. The van der Waals surface area contributed by atoms with Crippen LogP contribution in [0.2, 0.25) is 0 Å². The summed E-state index contributed by atoms with van der Waals surface area (Å²) in [6.45, 7) is 6.52. The quantitative estimate of drug-likeness (QED) is 0.358. The Bertz CT molecular complexity index is 1310. The Labute approximate surface area is 227 Å². The van der Waals surface area contributed by atoms with Gasteiger partial charge >= 0.3 is 12.1 Å². The first-order chi connectivity index (χ1) is 18.8. The number of nitrogens with one attached hydrogen (secondary N) is 4. The van der Waals surface area contributed by atoms with Crippen LogP contribution in [-0.4, -0.2) is 55.6 Å². The maximum absolute atomic E-state index is 13.3. The second-order valence-electron chi connectivity index (χ2n) is 9.30. The number of carbonyl (C=O) groups is 3. The van der Waals surface area contributed by atoms with Crippen molar-refractivity contribution >= 4 is 35.0 Å². The van der Waals surface area contributed by atoms with E-state index in [1.807, 2.05) is 38.1 Å². The Morgan fingerprint density at radius 1 is 0.821 bits per heavy atom. The fraction of sp³-hybridized carbons (Fsp3) is 0.276. The van der Waals surface area contributed by atoms with E-state index in [9.17, 15) is 18.8 Å². The molecule has 0 saturated carbocycles. The van der Waals surface area contributed by atoms with E-state index in [1.54, 1.807) is 35.2 Å². The lowest BCUT2D eigenvalue weighted by atomic mass is 10.1. The number of hydrogen-bond acceptors (Lipinski definition) is 4. The Morgan fingerprint density at radius 3 is 2.15 bits per heavy atom. The average molecular weight is 533 g/mol. The first-order valence-corrected chi connectivity index (χ1v) is 12.9. The Kier molecular flexibility index (Phi) is 8.98. The number of halogens is 1. The highest BCUT2D eigenvalue weighted by Gasteiger charge is 2.25. The number of aryl methyl sites for hydroxylation is 1. The fourth-order valence-corrected chi connectivity index (χ4v) is 4.28. The molecule has 204 valence electrons. The van der Waals surface area contributed by atoms with Crippen LogP contribution in [0.5, 0.6) is 0 Å². The molecule has 0 radical (unpaired) electrons. The molecule has 4 rings (SSSR count). The molecule has 1 heterocycles. The van der Waals surface area contributed by atoms with Crippen LogP contribution in [-0.2, 0) is 6.54 Å². The van der Waals surface area contributed by atoms with Crippen LogP contribution in [0.1, 0.15) is 28.4 Å². The second-order valence-corrected chi connectivity index (χ2v) is 9.30. The number of carbonyl (C=O) groups excluding carboxylic acids is 3. The van der Waals surface area contributed by atoms with Gasteiger partial charge in [0.1, 0.15) is 5.82 Å². The molecule has 10 heteroatoms. The predicted octanol–water partition coefficient (Wildman–Crippen LogP) is 4.56. The molecule has 9 nitrogen and oxygen atoms in total. The van der Waals surface area contributed by atoms with Crippen LogP contribution in [0.25, 0.3) is 0 Å². The summed E-state index contributed by atoms with van der Waals surface area (Å²) < 4.78 is 13.3. The summed E-state index contributed by atoms with van der Waals surface area (Å²) in [5, 5.41) is 11.2. The third kappa shape index (κ3) is 7.47. The van der Waals surface area contributed by atoms with E-state index in [1.165, 1.54) is 12.1 Å². The lowest BCUT2D eigenvalue weighted by Gasteiger charge is -2.37. The highest BCUT2D eigenvalue weighted by Crippen LogP contribution is 2.26. The van der Waals surface area contributed by atoms with Crippen molar-refractivity contribution < 1.29 is 18.8 Å². The summed E-state index contributed by atoms with van der Waals surface area (Å²) in [7, 11) is 0. The van der Waals surface area contributed by atoms with Crippen molar-refractivity contribution in [2.24, 2.45) is 0 Å². The normalized spacial score (nSPS) is 13.0. The molecule has 0 aromatic heterocycles. The van der Waals surface area contributed by atoms with Crippen molar-refractivity contribution in [2.75, 3.05) is 48.3 Å². The monoisotopic (exact) mass is 532 g/mol. The molecule has 5 amide bonds. The zero-order valence-corrected chi connectivity index (χ0v) is 22.1. The third-order valence-electron chi connectivity index (χ3n) is 6.41. The molecule has 1 fully saturated rings. The van der Waals surface area contributed by atoms with Gasteiger partial charge in [0.25, 0.3) is 5.91 Å². The lowest BCUT2D eigenvalue weighted by Crippen LogP contribution is -2.50. The van der Waals surface area contributed by atoms with Gasteiger partial charge in [-0.1, -0.05) is 29.8 Å². The van der Waals surface area contributed by atoms with E-state index in [0.29, 0.717) is 49.7 Å². The van der Waals surface area contributed by atoms with Crippen molar-refractivity contribution in [3.05, 3.63) is 89.2 Å². The number of amides is 5. The largest absolute Gasteiger partial charge is 0.367 e. The number of urea groups is 2. The summed E-state index contributed by atoms with van der Waals surface area (Å²) in [4.78, 5) is 41.9. The molecular weight excluding hydrogens is 499 g/mol. The van der Waals surface area contributed by atoms with Gasteiger partial charge in [0.2, 0.25) is 0 Å². The van der Waals surface area contributed by atoms with E-state index >= 15 is 0 Å². The third-order valence-corrected chi connectivity index (χ3v) is 6.41. The molecule has 0 aliphatic carbocycles. The second kappa shape index (κ2) is 12.8. The van der Waals surface area contributed by atoms with Crippen LogP contribution >= 0.6 is 0 Å². The molecule has 4 N–H and O–H groups in total. The van der Waals surface area contributed by atoms with E-state index < -0.39 is 0 Å². The predicted molar refractivity (Wildman–Crippen MR) is 151 cm³/mol. The molecule has 1 saturated heterocycles. The summed E-state index contributed by atoms with van der Waals surface area (Å²) in [6.07, 6.45) is 0. The van der Waals surface area contributed by atoms with E-state index in [2.05, 4.69) is 26.2 Å². The minimum absolute atomic E-state index is 0.169. The molecule has 1 aliphatic rings. The first kappa shape index (κ1) is 27.4. The van der Waals surface area contributed by atoms with Crippen LogP contribution in [0.3, 0.4) is 0 Å². The smallest absolute Gasteiger partial charge is 0.321 e. The standard InChI is InChI=1S/C29H33FN6O3/c1-3-31-28(38)33-24-12-13-26(25(18-24)27(37)32-19-21-6-8-22(30)9-7-21)35-14-16-36(17-15-35)29(39)34-23-10-4-20(2)5-11-23/h4-13,18H,3,14-17,19H2,1-2H3,(H,32,37)(H,34,39)(H2,31,33,38). The van der Waals surface area contributed by atoms with Gasteiger partial charge in [0, 0.05) is 56.3 Å². The van der Waals surface area contributed by atoms with E-state index in [-0.39, 0.29) is 30.3 Å². The molecule has 1 aliphatic heterocycles. The maximum Gasteiger partial charge on any atom is 0.321 e. The SMILES string of the molecule is CCNC(=O)Nc1ccc(N2CCN(C(=O)Nc3ccc(C)cc3)CC2)c(C(=O)NCc2ccc(F)cc2)c1. The number of anilines is 3. The van der Waals surface area contributed by atoms with E-state index in [0.717, 1.165) is 16.8 Å². The number of benzene rings is 3. The van der Waals surface area contributed by atoms with Crippen molar-refractivity contribution in [3.8, 4) is 0 Å². The Balaban J connectivity index is 1.46. The zero-order chi connectivity index (χ0) is 27.8. The van der Waals surface area contributed by atoms with Crippen molar-refractivity contribution in [1.82, 2.24) is 15.5 Å². The van der Waals surface area contributed by atoms with Crippen molar-refractivity contribution in [2.45, 2.75) is 20.4 Å². The molecule has 0 bridgehead atoms. The van der Waals surface area contributed by atoms with Gasteiger partial charge in [-0.2, -0.15) is 0 Å². The zero-order valence-electron chi connectivity index (χ0n) is 22.1. The lowest BCUT2D eigenvalue weighted by molar-refractivity contribution is 0.0951. The average Bonchev–Trinajstić information content (AvgIpc) is 2.94. The number of hydrogen-bond donors (Lipinski definition) is 4. The minimum atomic E-state index is -0.365. The molecule has 39 heavy (non-hydrogen) atoms. The molecule has 0 unspecified atom stereocenters. The molecule has 0 spiro atoms. The molecular formula is C29H33FN6O3. The highest BCUT2D eigenvalue weighted by atomic mass is 19.1. The summed E-state index contributed by atoms with van der Waals surface area (Å²) >= 11 is 0. The summed E-state index contributed by atoms with van der Waals surface area (Å²) in [5.74, 6) is -0.670. The Hall–Kier alpha value is -4.60. The molecule has 3 aromatic carbocycles. The summed E-state index contributed by atoms with van der Waals surface area (Å²) in [6, 6.07) is 18.2. The van der Waals surface area contributed by atoms with Crippen molar-refractivity contribution in [3.63, 3.8) is 0 Å². The summed E-state index contributed by atoms with van der Waals surface area (Å²) in [5.41, 5.74) is 4.19.